The lowest BCUT2D eigenvalue weighted by molar-refractivity contribution is -0.384. The van der Waals surface area contributed by atoms with Gasteiger partial charge in [-0.3, -0.25) is 14.9 Å². The molecule has 24 heavy (non-hydrogen) atoms. The largest absolute Gasteiger partial charge is 0.494 e. The number of ether oxygens (including phenoxy) is 1. The average molecular weight is 327 g/mol. The standard InChI is InChI=1S/C17H17N3O4/c1-2-11-24-16-9-3-13(4-10-16)12-18-19-17(21)14-5-7-15(8-6-14)20(22)23/h3-10,12H,2,11H2,1H3,(H,19,21). The zero-order valence-corrected chi connectivity index (χ0v) is 13.1. The van der Waals surface area contributed by atoms with Crippen molar-refractivity contribution in [3.05, 3.63) is 69.8 Å². The molecule has 0 fully saturated rings. The van der Waals surface area contributed by atoms with Crippen LogP contribution in [0.2, 0.25) is 0 Å². The van der Waals surface area contributed by atoms with Crippen molar-refractivity contribution in [1.29, 1.82) is 0 Å². The first-order valence-corrected chi connectivity index (χ1v) is 7.41. The SMILES string of the molecule is CCCOc1ccc(C=NNC(=O)c2ccc([N+](=O)[O-])cc2)cc1. The quantitative estimate of drug-likeness (QED) is 0.480. The molecule has 0 heterocycles. The van der Waals surface area contributed by atoms with Gasteiger partial charge in [-0.15, -0.1) is 0 Å². The number of nitrogens with zero attached hydrogens (tertiary/aromatic N) is 2. The first-order chi connectivity index (χ1) is 11.6. The highest BCUT2D eigenvalue weighted by Crippen LogP contribution is 2.12. The van der Waals surface area contributed by atoms with Crippen LogP contribution in [-0.2, 0) is 0 Å². The van der Waals surface area contributed by atoms with Crippen LogP contribution in [-0.4, -0.2) is 23.7 Å². The van der Waals surface area contributed by atoms with Crippen LogP contribution in [0.15, 0.2) is 53.6 Å². The van der Waals surface area contributed by atoms with Crippen molar-refractivity contribution in [1.82, 2.24) is 5.43 Å². The molecule has 2 aromatic carbocycles. The molecule has 0 spiro atoms. The van der Waals surface area contributed by atoms with Gasteiger partial charge in [-0.2, -0.15) is 5.10 Å². The fraction of sp³-hybridized carbons (Fsp3) is 0.176. The Morgan fingerprint density at radius 2 is 1.88 bits per heavy atom. The molecular formula is C17H17N3O4. The van der Waals surface area contributed by atoms with E-state index in [1.54, 1.807) is 0 Å². The molecule has 0 aliphatic heterocycles. The third-order valence-electron chi connectivity index (χ3n) is 3.07. The Labute approximate surface area is 139 Å². The molecule has 0 atom stereocenters. The summed E-state index contributed by atoms with van der Waals surface area (Å²) in [5.74, 6) is 0.341. The Bertz CT molecular complexity index is 725. The molecule has 0 saturated heterocycles. The number of rotatable bonds is 7. The van der Waals surface area contributed by atoms with E-state index in [9.17, 15) is 14.9 Å². The monoisotopic (exact) mass is 327 g/mol. The minimum absolute atomic E-state index is 0.0690. The summed E-state index contributed by atoms with van der Waals surface area (Å²) in [6.45, 7) is 2.70. The summed E-state index contributed by atoms with van der Waals surface area (Å²) in [4.78, 5) is 21.9. The van der Waals surface area contributed by atoms with Gasteiger partial charge in [0.1, 0.15) is 5.75 Å². The summed E-state index contributed by atoms with van der Waals surface area (Å²) in [7, 11) is 0. The van der Waals surface area contributed by atoms with Crippen molar-refractivity contribution >= 4 is 17.8 Å². The lowest BCUT2D eigenvalue weighted by Crippen LogP contribution is -2.17. The third-order valence-corrected chi connectivity index (χ3v) is 3.07. The lowest BCUT2D eigenvalue weighted by atomic mass is 10.2. The van der Waals surface area contributed by atoms with Gasteiger partial charge in [0.05, 0.1) is 17.7 Å². The summed E-state index contributed by atoms with van der Waals surface area (Å²) in [6, 6.07) is 12.6. The van der Waals surface area contributed by atoms with Gasteiger partial charge in [0.2, 0.25) is 0 Å². The molecule has 0 radical (unpaired) electrons. The van der Waals surface area contributed by atoms with Crippen molar-refractivity contribution in [2.24, 2.45) is 5.10 Å². The molecule has 2 rings (SSSR count). The molecule has 124 valence electrons. The van der Waals surface area contributed by atoms with E-state index in [0.717, 1.165) is 17.7 Å². The van der Waals surface area contributed by atoms with E-state index >= 15 is 0 Å². The summed E-state index contributed by atoms with van der Waals surface area (Å²) >= 11 is 0. The van der Waals surface area contributed by atoms with Gasteiger partial charge < -0.3 is 4.74 Å². The van der Waals surface area contributed by atoms with Crippen LogP contribution < -0.4 is 10.2 Å². The minimum atomic E-state index is -0.520. The average Bonchev–Trinajstić information content (AvgIpc) is 2.61. The van der Waals surface area contributed by atoms with Crippen LogP contribution in [0.1, 0.15) is 29.3 Å². The van der Waals surface area contributed by atoms with E-state index < -0.39 is 10.8 Å². The maximum Gasteiger partial charge on any atom is 0.271 e. The zero-order valence-electron chi connectivity index (χ0n) is 13.1. The molecule has 0 aromatic heterocycles. The number of hydrazone groups is 1. The molecule has 0 aliphatic rings. The van der Waals surface area contributed by atoms with E-state index in [1.165, 1.54) is 30.5 Å². The van der Waals surface area contributed by atoms with Crippen molar-refractivity contribution < 1.29 is 14.5 Å². The van der Waals surface area contributed by atoms with Gasteiger partial charge in [0.25, 0.3) is 11.6 Å². The Balaban J connectivity index is 1.90. The fourth-order valence-electron chi connectivity index (χ4n) is 1.83. The van der Waals surface area contributed by atoms with E-state index in [-0.39, 0.29) is 5.69 Å². The Hall–Kier alpha value is -3.22. The van der Waals surface area contributed by atoms with Crippen molar-refractivity contribution in [2.75, 3.05) is 6.61 Å². The summed E-state index contributed by atoms with van der Waals surface area (Å²) in [5, 5.41) is 14.4. The summed E-state index contributed by atoms with van der Waals surface area (Å²) < 4.78 is 5.47. The van der Waals surface area contributed by atoms with Crippen molar-refractivity contribution in [2.45, 2.75) is 13.3 Å². The number of amides is 1. The predicted octanol–water partition coefficient (Wildman–Crippen LogP) is 3.15. The first kappa shape index (κ1) is 17.1. The highest BCUT2D eigenvalue weighted by atomic mass is 16.6. The molecule has 7 heteroatoms. The van der Waals surface area contributed by atoms with Gasteiger partial charge in [-0.05, 0) is 48.4 Å². The number of nitro benzene ring substituents is 1. The van der Waals surface area contributed by atoms with Crippen LogP contribution in [0.4, 0.5) is 5.69 Å². The topological polar surface area (TPSA) is 93.8 Å². The Morgan fingerprint density at radius 1 is 1.21 bits per heavy atom. The van der Waals surface area contributed by atoms with Gasteiger partial charge in [0, 0.05) is 17.7 Å². The van der Waals surface area contributed by atoms with Crippen LogP contribution in [0.3, 0.4) is 0 Å². The van der Waals surface area contributed by atoms with E-state index in [4.69, 9.17) is 4.74 Å². The van der Waals surface area contributed by atoms with Gasteiger partial charge in [-0.25, -0.2) is 5.43 Å². The van der Waals surface area contributed by atoms with E-state index in [2.05, 4.69) is 10.5 Å². The molecule has 7 nitrogen and oxygen atoms in total. The highest BCUT2D eigenvalue weighted by Gasteiger charge is 2.08. The first-order valence-electron chi connectivity index (χ1n) is 7.41. The molecule has 0 aliphatic carbocycles. The van der Waals surface area contributed by atoms with Crippen molar-refractivity contribution in [3.63, 3.8) is 0 Å². The van der Waals surface area contributed by atoms with Crippen LogP contribution in [0.5, 0.6) is 5.75 Å². The van der Waals surface area contributed by atoms with Crippen LogP contribution >= 0.6 is 0 Å². The fourth-order valence-corrected chi connectivity index (χ4v) is 1.83. The van der Waals surface area contributed by atoms with Crippen molar-refractivity contribution in [3.8, 4) is 5.75 Å². The Morgan fingerprint density at radius 3 is 2.46 bits per heavy atom. The smallest absolute Gasteiger partial charge is 0.271 e. The minimum Gasteiger partial charge on any atom is -0.494 e. The maximum atomic E-state index is 11.9. The van der Waals surface area contributed by atoms with E-state index in [1.807, 2.05) is 31.2 Å². The molecule has 1 N–H and O–H groups in total. The molecule has 0 bridgehead atoms. The number of nitro groups is 1. The zero-order chi connectivity index (χ0) is 17.4. The second kappa shape index (κ2) is 8.42. The number of carbonyl (C=O) groups is 1. The second-order valence-corrected chi connectivity index (χ2v) is 4.92. The highest BCUT2D eigenvalue weighted by molar-refractivity contribution is 5.95. The number of non-ortho nitro benzene ring substituents is 1. The number of carbonyl (C=O) groups excluding carboxylic acids is 1. The third kappa shape index (κ3) is 4.91. The number of nitrogens with one attached hydrogen (secondary N) is 1. The number of hydrogen-bond acceptors (Lipinski definition) is 5. The molecular weight excluding hydrogens is 310 g/mol. The van der Waals surface area contributed by atoms with Gasteiger partial charge in [0.15, 0.2) is 0 Å². The predicted molar refractivity (Wildman–Crippen MR) is 90.4 cm³/mol. The number of benzene rings is 2. The lowest BCUT2D eigenvalue weighted by Gasteiger charge is -2.04. The summed E-state index contributed by atoms with van der Waals surface area (Å²) in [6.07, 6.45) is 2.45. The second-order valence-electron chi connectivity index (χ2n) is 4.92. The van der Waals surface area contributed by atoms with Crippen LogP contribution in [0.25, 0.3) is 0 Å². The summed E-state index contributed by atoms with van der Waals surface area (Å²) in [5.41, 5.74) is 3.41. The van der Waals surface area contributed by atoms with E-state index in [0.29, 0.717) is 12.2 Å². The molecule has 2 aromatic rings. The maximum absolute atomic E-state index is 11.9. The molecule has 1 amide bonds. The normalized spacial score (nSPS) is 10.5. The van der Waals surface area contributed by atoms with Gasteiger partial charge in [-0.1, -0.05) is 6.92 Å². The number of hydrogen-bond donors (Lipinski definition) is 1. The Kier molecular flexibility index (Phi) is 6.01. The van der Waals surface area contributed by atoms with Gasteiger partial charge >= 0.3 is 0 Å². The molecule has 0 unspecified atom stereocenters. The molecule has 0 saturated carbocycles. The van der Waals surface area contributed by atoms with Crippen LogP contribution in [0, 0.1) is 10.1 Å².